The third-order valence-electron chi connectivity index (χ3n) is 2.98. The number of nitrogens with zero attached hydrogens (tertiary/aromatic N) is 4. The number of aromatic nitrogens is 5. The van der Waals surface area contributed by atoms with Gasteiger partial charge in [-0.2, -0.15) is 0 Å². The van der Waals surface area contributed by atoms with Gasteiger partial charge in [0.2, 0.25) is 5.89 Å². The van der Waals surface area contributed by atoms with E-state index in [1.807, 2.05) is 0 Å². The monoisotopic (exact) mass is 321 g/mol. The lowest BCUT2D eigenvalue weighted by Gasteiger charge is -2.02. The molecule has 3 aromatic heterocycles. The summed E-state index contributed by atoms with van der Waals surface area (Å²) in [5.74, 6) is 1.76. The van der Waals surface area contributed by atoms with E-state index in [1.54, 1.807) is 23.0 Å². The SMILES string of the molecule is CCCCn1c(SCc2nnc(-c3ccco3)o2)n[nH]c1=O. The topological polar surface area (TPSA) is 103 Å². The first-order valence-corrected chi connectivity index (χ1v) is 7.90. The van der Waals surface area contributed by atoms with Crippen LogP contribution in [0.3, 0.4) is 0 Å². The first kappa shape index (κ1) is 14.6. The molecule has 0 aliphatic carbocycles. The maximum absolute atomic E-state index is 11.7. The van der Waals surface area contributed by atoms with Crippen molar-refractivity contribution in [1.82, 2.24) is 25.0 Å². The number of unbranched alkanes of at least 4 members (excludes halogenated alkanes) is 1. The first-order chi connectivity index (χ1) is 10.8. The Hall–Kier alpha value is -2.29. The van der Waals surface area contributed by atoms with Crippen molar-refractivity contribution in [1.29, 1.82) is 0 Å². The fourth-order valence-electron chi connectivity index (χ4n) is 1.86. The molecule has 0 aromatic carbocycles. The third kappa shape index (κ3) is 3.14. The van der Waals surface area contributed by atoms with Crippen LogP contribution in [0.15, 0.2) is 37.2 Å². The maximum atomic E-state index is 11.7. The summed E-state index contributed by atoms with van der Waals surface area (Å²) in [5.41, 5.74) is -0.197. The zero-order valence-electron chi connectivity index (χ0n) is 12.0. The lowest BCUT2D eigenvalue weighted by Crippen LogP contribution is -2.17. The molecule has 3 aromatic rings. The molecule has 0 radical (unpaired) electrons. The lowest BCUT2D eigenvalue weighted by molar-refractivity contribution is 0.494. The Morgan fingerprint density at radius 1 is 1.41 bits per heavy atom. The van der Waals surface area contributed by atoms with Crippen molar-refractivity contribution in [3.8, 4) is 11.7 Å². The number of rotatable bonds is 7. The van der Waals surface area contributed by atoms with Crippen LogP contribution in [0.5, 0.6) is 0 Å². The van der Waals surface area contributed by atoms with Crippen molar-refractivity contribution in [2.75, 3.05) is 0 Å². The van der Waals surface area contributed by atoms with E-state index >= 15 is 0 Å². The van der Waals surface area contributed by atoms with Crippen LogP contribution in [-0.4, -0.2) is 25.0 Å². The molecule has 0 aliphatic rings. The summed E-state index contributed by atoms with van der Waals surface area (Å²) in [6.45, 7) is 2.72. The van der Waals surface area contributed by atoms with Crippen molar-refractivity contribution in [3.05, 3.63) is 34.8 Å². The van der Waals surface area contributed by atoms with Crippen LogP contribution < -0.4 is 5.69 Å². The van der Waals surface area contributed by atoms with Crippen molar-refractivity contribution >= 4 is 11.8 Å². The molecule has 0 spiro atoms. The van der Waals surface area contributed by atoms with Crippen LogP contribution in [0.2, 0.25) is 0 Å². The summed E-state index contributed by atoms with van der Waals surface area (Å²) in [7, 11) is 0. The number of aromatic amines is 1. The highest BCUT2D eigenvalue weighted by atomic mass is 32.2. The van der Waals surface area contributed by atoms with Gasteiger partial charge in [-0.05, 0) is 18.6 Å². The normalized spacial score (nSPS) is 11.1. The zero-order chi connectivity index (χ0) is 15.4. The number of thioether (sulfide) groups is 1. The van der Waals surface area contributed by atoms with Gasteiger partial charge in [-0.25, -0.2) is 9.89 Å². The van der Waals surface area contributed by atoms with Crippen LogP contribution >= 0.6 is 11.8 Å². The van der Waals surface area contributed by atoms with Gasteiger partial charge in [-0.1, -0.05) is 25.1 Å². The Kier molecular flexibility index (Phi) is 4.42. The van der Waals surface area contributed by atoms with Gasteiger partial charge in [0.05, 0.1) is 12.0 Å². The van der Waals surface area contributed by atoms with Gasteiger partial charge < -0.3 is 8.83 Å². The van der Waals surface area contributed by atoms with Crippen LogP contribution in [0.1, 0.15) is 25.7 Å². The predicted molar refractivity (Wildman–Crippen MR) is 79.3 cm³/mol. The van der Waals surface area contributed by atoms with Crippen LogP contribution in [-0.2, 0) is 12.3 Å². The summed E-state index contributed by atoms with van der Waals surface area (Å²) in [6, 6.07) is 3.50. The molecule has 0 atom stereocenters. The van der Waals surface area contributed by atoms with E-state index in [9.17, 15) is 4.79 Å². The maximum Gasteiger partial charge on any atom is 0.343 e. The van der Waals surface area contributed by atoms with Gasteiger partial charge in [0, 0.05) is 6.54 Å². The quantitative estimate of drug-likeness (QED) is 0.666. The molecule has 1 N–H and O–H groups in total. The summed E-state index contributed by atoms with van der Waals surface area (Å²) >= 11 is 1.38. The number of nitrogens with one attached hydrogen (secondary N) is 1. The third-order valence-corrected chi connectivity index (χ3v) is 3.94. The molecule has 9 heteroatoms. The summed E-state index contributed by atoms with van der Waals surface area (Å²) in [5, 5.41) is 15.0. The second-order valence-corrected chi connectivity index (χ2v) is 5.53. The molecule has 8 nitrogen and oxygen atoms in total. The van der Waals surface area contributed by atoms with Gasteiger partial charge in [-0.3, -0.25) is 4.57 Å². The fourth-order valence-corrected chi connectivity index (χ4v) is 2.67. The Bertz CT molecular complexity index is 774. The minimum atomic E-state index is -0.197. The van der Waals surface area contributed by atoms with Crippen LogP contribution in [0.25, 0.3) is 11.7 Å². The molecule has 0 unspecified atom stereocenters. The second-order valence-electron chi connectivity index (χ2n) is 4.58. The minimum Gasteiger partial charge on any atom is -0.459 e. The van der Waals surface area contributed by atoms with E-state index in [2.05, 4.69) is 27.3 Å². The molecule has 3 rings (SSSR count). The lowest BCUT2D eigenvalue weighted by atomic mass is 10.3. The largest absolute Gasteiger partial charge is 0.459 e. The molecule has 0 bridgehead atoms. The Balaban J connectivity index is 1.67. The fraction of sp³-hybridized carbons (Fsp3) is 0.385. The summed E-state index contributed by atoms with van der Waals surface area (Å²) in [4.78, 5) is 11.7. The summed E-state index contributed by atoms with van der Waals surface area (Å²) < 4.78 is 12.3. The minimum absolute atomic E-state index is 0.197. The van der Waals surface area contributed by atoms with E-state index in [1.165, 1.54) is 11.8 Å². The van der Waals surface area contributed by atoms with Gasteiger partial charge in [-0.15, -0.1) is 15.3 Å². The first-order valence-electron chi connectivity index (χ1n) is 6.92. The van der Waals surface area contributed by atoms with Crippen molar-refractivity contribution in [2.24, 2.45) is 0 Å². The molecule has 0 aliphatic heterocycles. The Morgan fingerprint density at radius 2 is 2.32 bits per heavy atom. The van der Waals surface area contributed by atoms with E-state index < -0.39 is 0 Å². The van der Waals surface area contributed by atoms with Crippen molar-refractivity contribution < 1.29 is 8.83 Å². The van der Waals surface area contributed by atoms with E-state index in [-0.39, 0.29) is 5.69 Å². The number of hydrogen-bond donors (Lipinski definition) is 1. The predicted octanol–water partition coefficient (Wildman–Crippen LogP) is 2.31. The number of furan rings is 1. The Labute approximate surface area is 129 Å². The number of H-pyrrole nitrogens is 1. The highest BCUT2D eigenvalue weighted by Gasteiger charge is 2.13. The van der Waals surface area contributed by atoms with E-state index in [4.69, 9.17) is 8.83 Å². The average Bonchev–Trinajstić information content (AvgIpc) is 3.24. The second kappa shape index (κ2) is 6.65. The van der Waals surface area contributed by atoms with Gasteiger partial charge in [0.25, 0.3) is 5.89 Å². The van der Waals surface area contributed by atoms with E-state index in [0.717, 1.165) is 12.8 Å². The number of hydrogen-bond acceptors (Lipinski definition) is 7. The Morgan fingerprint density at radius 3 is 3.09 bits per heavy atom. The smallest absolute Gasteiger partial charge is 0.343 e. The molecule has 3 heterocycles. The highest BCUT2D eigenvalue weighted by Crippen LogP contribution is 2.23. The zero-order valence-corrected chi connectivity index (χ0v) is 12.8. The molecule has 0 fully saturated rings. The molecule has 22 heavy (non-hydrogen) atoms. The van der Waals surface area contributed by atoms with Crippen molar-refractivity contribution in [3.63, 3.8) is 0 Å². The standard InChI is InChI=1S/C13H15N5O3S/c1-2-3-6-18-12(19)16-17-13(18)22-8-10-14-15-11(21-10)9-5-4-7-20-9/h4-5,7H,2-3,6,8H2,1H3,(H,16,19). The molecule has 116 valence electrons. The highest BCUT2D eigenvalue weighted by molar-refractivity contribution is 7.98. The summed E-state index contributed by atoms with van der Waals surface area (Å²) in [6.07, 6.45) is 3.48. The molecule has 0 saturated heterocycles. The van der Waals surface area contributed by atoms with Gasteiger partial charge >= 0.3 is 5.69 Å². The van der Waals surface area contributed by atoms with E-state index in [0.29, 0.717) is 35.0 Å². The molecular formula is C13H15N5O3S. The van der Waals surface area contributed by atoms with Gasteiger partial charge in [0.15, 0.2) is 10.9 Å². The molecule has 0 saturated carbocycles. The van der Waals surface area contributed by atoms with Gasteiger partial charge in [0.1, 0.15) is 0 Å². The van der Waals surface area contributed by atoms with Crippen LogP contribution in [0, 0.1) is 0 Å². The van der Waals surface area contributed by atoms with Crippen LogP contribution in [0.4, 0.5) is 0 Å². The molecular weight excluding hydrogens is 306 g/mol. The average molecular weight is 321 g/mol. The van der Waals surface area contributed by atoms with Crippen molar-refractivity contribution in [2.45, 2.75) is 37.2 Å². The molecule has 0 amide bonds.